The fraction of sp³-hybridized carbons (Fsp3) is 0.281. The normalized spacial score (nSPS) is 11.5. The number of hydrogen-bond donors (Lipinski definition) is 4. The van der Waals surface area contributed by atoms with Crippen molar-refractivity contribution in [3.05, 3.63) is 59.8 Å². The molecule has 0 aliphatic carbocycles. The smallest absolute Gasteiger partial charge is 0.167 e. The molecule has 2 heterocycles. The molecule has 9 heteroatoms. The Morgan fingerprint density at radius 3 is 1.73 bits per heavy atom. The molecule has 212 valence electrons. The summed E-state index contributed by atoms with van der Waals surface area (Å²) in [5.74, 6) is 1.43. The molecule has 0 saturated carbocycles. The van der Waals surface area contributed by atoms with Crippen LogP contribution in [-0.4, -0.2) is 47.1 Å². The Morgan fingerprint density at radius 2 is 1.24 bits per heavy atom. The van der Waals surface area contributed by atoms with Gasteiger partial charge >= 0.3 is 0 Å². The molecule has 0 amide bonds. The number of methoxy groups -OCH3 is 1. The highest BCUT2D eigenvalue weighted by Gasteiger charge is 2.22. The van der Waals surface area contributed by atoms with Crippen molar-refractivity contribution in [3.63, 3.8) is 0 Å². The summed E-state index contributed by atoms with van der Waals surface area (Å²) < 4.78 is 7.74. The minimum absolute atomic E-state index is 0.0517. The maximum atomic E-state index is 10.9. The molecule has 0 spiro atoms. The summed E-state index contributed by atoms with van der Waals surface area (Å²) in [7, 11) is 1.62. The van der Waals surface area contributed by atoms with Crippen molar-refractivity contribution < 1.29 is 25.2 Å². The van der Waals surface area contributed by atoms with E-state index in [2.05, 4.69) is 23.4 Å². The first-order valence-corrected chi connectivity index (χ1v) is 13.6. The molecule has 0 unspecified atom stereocenters. The van der Waals surface area contributed by atoms with Crippen LogP contribution in [0, 0.1) is 19.8 Å². The number of hydrogen-bond acceptors (Lipinski definition) is 8. The zero-order valence-electron chi connectivity index (χ0n) is 23.8. The highest BCUT2D eigenvalue weighted by molar-refractivity contribution is 5.96. The third kappa shape index (κ3) is 4.99. The van der Waals surface area contributed by atoms with Crippen molar-refractivity contribution in [2.24, 2.45) is 5.92 Å². The summed E-state index contributed by atoms with van der Waals surface area (Å²) in [6.45, 7) is 8.39. The van der Waals surface area contributed by atoms with Crippen LogP contribution in [0.1, 0.15) is 37.8 Å². The predicted molar refractivity (Wildman–Crippen MR) is 158 cm³/mol. The largest absolute Gasteiger partial charge is 0.508 e. The first-order valence-electron chi connectivity index (χ1n) is 13.6. The second-order valence-corrected chi connectivity index (χ2v) is 10.3. The second kappa shape index (κ2) is 11.0. The number of nitrogens with zero attached hydrogens (tertiary/aromatic N) is 4. The van der Waals surface area contributed by atoms with E-state index in [0.29, 0.717) is 39.7 Å². The highest BCUT2D eigenvalue weighted by Crippen LogP contribution is 2.40. The molecule has 41 heavy (non-hydrogen) atoms. The van der Waals surface area contributed by atoms with Crippen LogP contribution in [0.4, 0.5) is 0 Å². The molecule has 0 atom stereocenters. The Labute approximate surface area is 238 Å². The summed E-state index contributed by atoms with van der Waals surface area (Å²) in [5, 5.41) is 43.0. The number of ether oxygens (including phenoxy) is 1. The van der Waals surface area contributed by atoms with Gasteiger partial charge < -0.3 is 29.7 Å². The van der Waals surface area contributed by atoms with Crippen LogP contribution in [0.5, 0.6) is 28.7 Å². The molecule has 9 nitrogen and oxygen atoms in total. The molecular weight excluding hydrogens is 520 g/mol. The molecule has 2 aromatic heterocycles. The van der Waals surface area contributed by atoms with Crippen LogP contribution >= 0.6 is 0 Å². The Morgan fingerprint density at radius 1 is 0.732 bits per heavy atom. The van der Waals surface area contributed by atoms with Crippen LogP contribution in [0.3, 0.4) is 0 Å². The first-order chi connectivity index (χ1) is 19.7. The van der Waals surface area contributed by atoms with Crippen LogP contribution in [0.25, 0.3) is 45.1 Å². The van der Waals surface area contributed by atoms with Gasteiger partial charge in [0.25, 0.3) is 0 Å². The number of phenolic OH excluding ortho intramolecular Hbond substituents is 4. The van der Waals surface area contributed by atoms with E-state index < -0.39 is 0 Å². The number of rotatable bonds is 8. The molecule has 0 radical (unpaired) electrons. The van der Waals surface area contributed by atoms with Crippen molar-refractivity contribution in [3.8, 4) is 62.9 Å². The number of aromatic hydroxyl groups is 4. The Kier molecular flexibility index (Phi) is 7.45. The molecule has 0 saturated heterocycles. The van der Waals surface area contributed by atoms with Gasteiger partial charge in [0.1, 0.15) is 28.7 Å². The SMILES string of the molecule is CCC(CC)Cn1cc(-c2nc(-c3ccc(O)c(C)c3O)nc(-c3ccc(O)c(C)c3O)n2)c2cc(OC)ccc21. The molecule has 3 aromatic carbocycles. The van der Waals surface area contributed by atoms with Gasteiger partial charge in [0.2, 0.25) is 0 Å². The van der Waals surface area contributed by atoms with Gasteiger partial charge in [-0.1, -0.05) is 26.7 Å². The van der Waals surface area contributed by atoms with Gasteiger partial charge in [-0.15, -0.1) is 0 Å². The third-order valence-corrected chi connectivity index (χ3v) is 7.86. The second-order valence-electron chi connectivity index (χ2n) is 10.3. The Hall–Kier alpha value is -4.79. The maximum Gasteiger partial charge on any atom is 0.167 e. The summed E-state index contributed by atoms with van der Waals surface area (Å²) in [5.41, 5.74) is 2.93. The van der Waals surface area contributed by atoms with E-state index >= 15 is 0 Å². The molecule has 0 aliphatic rings. The minimum Gasteiger partial charge on any atom is -0.508 e. The van der Waals surface area contributed by atoms with E-state index in [9.17, 15) is 20.4 Å². The molecule has 0 bridgehead atoms. The molecule has 0 fully saturated rings. The monoisotopic (exact) mass is 554 g/mol. The predicted octanol–water partition coefficient (Wildman–Crippen LogP) is 6.71. The lowest BCUT2D eigenvalue weighted by Gasteiger charge is -2.14. The molecule has 0 aliphatic heterocycles. The van der Waals surface area contributed by atoms with Crippen LogP contribution in [0.2, 0.25) is 0 Å². The van der Waals surface area contributed by atoms with Gasteiger partial charge in [0.15, 0.2) is 17.5 Å². The van der Waals surface area contributed by atoms with E-state index in [-0.39, 0.29) is 34.6 Å². The fourth-order valence-electron chi connectivity index (χ4n) is 5.03. The van der Waals surface area contributed by atoms with Gasteiger partial charge in [-0.05, 0) is 62.2 Å². The van der Waals surface area contributed by atoms with Crippen molar-refractivity contribution in [2.45, 2.75) is 47.1 Å². The first kappa shape index (κ1) is 27.8. The van der Waals surface area contributed by atoms with Gasteiger partial charge in [0, 0.05) is 40.3 Å². The van der Waals surface area contributed by atoms with Gasteiger partial charge in [-0.2, -0.15) is 0 Å². The molecule has 4 N–H and O–H groups in total. The Bertz CT molecular complexity index is 1680. The topological polar surface area (TPSA) is 134 Å². The maximum absolute atomic E-state index is 10.9. The molecular formula is C32H34N4O5. The number of phenols is 4. The fourth-order valence-corrected chi connectivity index (χ4v) is 5.03. The van der Waals surface area contributed by atoms with Gasteiger partial charge in [-0.3, -0.25) is 0 Å². The van der Waals surface area contributed by atoms with E-state index in [1.54, 1.807) is 33.1 Å². The van der Waals surface area contributed by atoms with Crippen molar-refractivity contribution in [1.82, 2.24) is 19.5 Å². The zero-order chi connectivity index (χ0) is 29.4. The molecule has 5 aromatic rings. The average Bonchev–Trinajstić information content (AvgIpc) is 3.34. The number of benzene rings is 3. The van der Waals surface area contributed by atoms with Crippen molar-refractivity contribution >= 4 is 10.9 Å². The number of fused-ring (bicyclic) bond motifs is 1. The summed E-state index contributed by atoms with van der Waals surface area (Å²) in [6, 6.07) is 11.9. The van der Waals surface area contributed by atoms with Gasteiger partial charge in [0.05, 0.1) is 18.2 Å². The minimum atomic E-state index is -0.156. The van der Waals surface area contributed by atoms with Crippen molar-refractivity contribution in [1.29, 1.82) is 0 Å². The van der Waals surface area contributed by atoms with Crippen LogP contribution in [-0.2, 0) is 6.54 Å². The van der Waals surface area contributed by atoms with E-state index in [4.69, 9.17) is 14.7 Å². The summed E-state index contributed by atoms with van der Waals surface area (Å²) in [4.78, 5) is 14.2. The quantitative estimate of drug-likeness (QED) is 0.166. The third-order valence-electron chi connectivity index (χ3n) is 7.86. The summed E-state index contributed by atoms with van der Waals surface area (Å²) >= 11 is 0. The number of aromatic nitrogens is 4. The van der Waals surface area contributed by atoms with E-state index in [1.165, 1.54) is 12.1 Å². The van der Waals surface area contributed by atoms with E-state index in [1.807, 2.05) is 24.4 Å². The zero-order valence-corrected chi connectivity index (χ0v) is 23.8. The lowest BCUT2D eigenvalue weighted by Crippen LogP contribution is -2.08. The Balaban J connectivity index is 1.81. The summed E-state index contributed by atoms with van der Waals surface area (Å²) in [6.07, 6.45) is 4.11. The molecule has 5 rings (SSSR count). The van der Waals surface area contributed by atoms with E-state index in [0.717, 1.165) is 35.9 Å². The standard InChI is InChI=1S/C32H34N4O5/c1-6-19(7-2)15-36-16-24(23-14-20(41-5)8-11-25(23)36)32-34-30(21-9-12-26(37)17(3)28(21)39)33-31(35-32)22-10-13-27(38)18(4)29(22)40/h8-14,16,19,37-40H,6-7,15H2,1-5H3. The van der Waals surface area contributed by atoms with Crippen molar-refractivity contribution in [2.75, 3.05) is 7.11 Å². The van der Waals surface area contributed by atoms with Gasteiger partial charge in [-0.25, -0.2) is 15.0 Å². The lowest BCUT2D eigenvalue weighted by molar-refractivity contribution is 0.415. The van der Waals surface area contributed by atoms with Crippen LogP contribution in [0.15, 0.2) is 48.7 Å². The lowest BCUT2D eigenvalue weighted by atomic mass is 10.0. The highest BCUT2D eigenvalue weighted by atomic mass is 16.5. The average molecular weight is 555 g/mol. The van der Waals surface area contributed by atoms with Crippen LogP contribution < -0.4 is 4.74 Å².